The molecule has 0 saturated carbocycles. The van der Waals surface area contributed by atoms with E-state index in [4.69, 9.17) is 0 Å². The lowest BCUT2D eigenvalue weighted by molar-refractivity contribution is 0.112. The molecule has 0 aliphatic carbocycles. The fraction of sp³-hybridized carbons (Fsp3) is 0.200. The van der Waals surface area contributed by atoms with Crippen LogP contribution in [-0.2, 0) is 20.0 Å². The van der Waals surface area contributed by atoms with Crippen LogP contribution in [0.25, 0.3) is 10.9 Å². The van der Waals surface area contributed by atoms with Gasteiger partial charge in [-0.25, -0.2) is 0 Å². The standard InChI is InChI=1S/C15H15N3O/c1-17-10-13(9-16-17)4-6-18-7-5-14-3-2-12(11-19)8-15(14)18/h2-3,5,7-11H,4,6H2,1H3. The van der Waals surface area contributed by atoms with Gasteiger partial charge in [0.15, 0.2) is 0 Å². The zero-order chi connectivity index (χ0) is 13.2. The summed E-state index contributed by atoms with van der Waals surface area (Å²) in [6, 6.07) is 7.85. The molecule has 96 valence electrons. The summed E-state index contributed by atoms with van der Waals surface area (Å²) in [5, 5.41) is 5.33. The number of rotatable bonds is 4. The van der Waals surface area contributed by atoms with Gasteiger partial charge in [0.2, 0.25) is 0 Å². The maximum atomic E-state index is 10.8. The first-order chi connectivity index (χ1) is 9.26. The van der Waals surface area contributed by atoms with E-state index in [1.807, 2.05) is 42.3 Å². The molecule has 0 radical (unpaired) electrons. The van der Waals surface area contributed by atoms with Crippen LogP contribution in [0.2, 0.25) is 0 Å². The molecular formula is C15H15N3O. The van der Waals surface area contributed by atoms with Gasteiger partial charge in [-0.1, -0.05) is 12.1 Å². The maximum absolute atomic E-state index is 10.8. The highest BCUT2D eigenvalue weighted by molar-refractivity contribution is 5.87. The van der Waals surface area contributed by atoms with Gasteiger partial charge in [-0.15, -0.1) is 0 Å². The molecule has 2 heterocycles. The minimum absolute atomic E-state index is 0.717. The number of aromatic nitrogens is 3. The number of fused-ring (bicyclic) bond motifs is 1. The minimum Gasteiger partial charge on any atom is -0.347 e. The molecule has 0 fully saturated rings. The predicted molar refractivity (Wildman–Crippen MR) is 74.2 cm³/mol. The second-order valence-corrected chi connectivity index (χ2v) is 4.72. The van der Waals surface area contributed by atoms with Crippen LogP contribution in [0.3, 0.4) is 0 Å². The van der Waals surface area contributed by atoms with Crippen molar-refractivity contribution in [1.82, 2.24) is 14.3 Å². The molecule has 0 spiro atoms. The first-order valence-corrected chi connectivity index (χ1v) is 6.28. The Bertz CT molecular complexity index is 724. The number of aldehydes is 1. The highest BCUT2D eigenvalue weighted by Crippen LogP contribution is 2.17. The summed E-state index contributed by atoms with van der Waals surface area (Å²) >= 11 is 0. The predicted octanol–water partition coefficient (Wildman–Crippen LogP) is 2.43. The molecule has 0 amide bonds. The Morgan fingerprint density at radius 1 is 1.32 bits per heavy atom. The number of hydrogen-bond donors (Lipinski definition) is 0. The topological polar surface area (TPSA) is 39.8 Å². The molecule has 0 aliphatic heterocycles. The lowest BCUT2D eigenvalue weighted by Gasteiger charge is -2.04. The van der Waals surface area contributed by atoms with Gasteiger partial charge in [-0.3, -0.25) is 9.48 Å². The van der Waals surface area contributed by atoms with E-state index in [1.165, 1.54) is 5.56 Å². The number of aryl methyl sites for hydroxylation is 3. The Morgan fingerprint density at radius 3 is 2.95 bits per heavy atom. The largest absolute Gasteiger partial charge is 0.347 e. The summed E-state index contributed by atoms with van der Waals surface area (Å²) in [6.45, 7) is 0.886. The van der Waals surface area contributed by atoms with Crippen LogP contribution < -0.4 is 0 Å². The van der Waals surface area contributed by atoms with Gasteiger partial charge < -0.3 is 4.57 Å². The third kappa shape index (κ3) is 2.29. The van der Waals surface area contributed by atoms with Crippen molar-refractivity contribution in [3.05, 3.63) is 54.0 Å². The number of nitrogens with zero attached hydrogens (tertiary/aromatic N) is 3. The summed E-state index contributed by atoms with van der Waals surface area (Å²) in [5.74, 6) is 0. The molecule has 3 rings (SSSR count). The second kappa shape index (κ2) is 4.72. The van der Waals surface area contributed by atoms with Crippen LogP contribution in [0, 0.1) is 0 Å². The number of carbonyl (C=O) groups is 1. The fourth-order valence-corrected chi connectivity index (χ4v) is 2.32. The first kappa shape index (κ1) is 11.7. The van der Waals surface area contributed by atoms with Gasteiger partial charge in [0.25, 0.3) is 0 Å². The monoisotopic (exact) mass is 253 g/mol. The molecule has 3 aromatic rings. The Labute approximate surface area is 111 Å². The van der Waals surface area contributed by atoms with E-state index in [0.29, 0.717) is 5.56 Å². The first-order valence-electron chi connectivity index (χ1n) is 6.28. The SMILES string of the molecule is Cn1cc(CCn2ccc3ccc(C=O)cc32)cn1. The zero-order valence-electron chi connectivity index (χ0n) is 10.8. The molecule has 19 heavy (non-hydrogen) atoms. The van der Waals surface area contributed by atoms with E-state index < -0.39 is 0 Å². The third-order valence-electron chi connectivity index (χ3n) is 3.33. The van der Waals surface area contributed by atoms with Crippen LogP contribution in [0.15, 0.2) is 42.9 Å². The van der Waals surface area contributed by atoms with E-state index in [0.717, 1.165) is 30.2 Å². The van der Waals surface area contributed by atoms with Crippen molar-refractivity contribution in [3.63, 3.8) is 0 Å². The molecule has 0 aliphatic rings. The average molecular weight is 253 g/mol. The van der Waals surface area contributed by atoms with E-state index in [-0.39, 0.29) is 0 Å². The Kier molecular flexibility index (Phi) is 2.91. The van der Waals surface area contributed by atoms with E-state index in [9.17, 15) is 4.79 Å². The van der Waals surface area contributed by atoms with E-state index in [1.54, 1.807) is 0 Å². The lowest BCUT2D eigenvalue weighted by atomic mass is 10.2. The van der Waals surface area contributed by atoms with Crippen LogP contribution in [0.4, 0.5) is 0 Å². The highest BCUT2D eigenvalue weighted by Gasteiger charge is 2.03. The number of benzene rings is 1. The summed E-state index contributed by atoms with van der Waals surface area (Å²) in [6.07, 6.45) is 7.81. The number of carbonyl (C=O) groups excluding carboxylic acids is 1. The molecule has 0 atom stereocenters. The summed E-state index contributed by atoms with van der Waals surface area (Å²) in [7, 11) is 1.92. The smallest absolute Gasteiger partial charge is 0.150 e. The summed E-state index contributed by atoms with van der Waals surface area (Å²) in [5.41, 5.74) is 3.04. The maximum Gasteiger partial charge on any atom is 0.150 e. The number of hydrogen-bond acceptors (Lipinski definition) is 2. The van der Waals surface area contributed by atoms with Gasteiger partial charge in [0, 0.05) is 37.1 Å². The molecule has 0 unspecified atom stereocenters. The Balaban J connectivity index is 1.86. The van der Waals surface area contributed by atoms with Crippen LogP contribution in [0.5, 0.6) is 0 Å². The van der Waals surface area contributed by atoms with Gasteiger partial charge in [0.1, 0.15) is 6.29 Å². The van der Waals surface area contributed by atoms with Crippen molar-refractivity contribution in [3.8, 4) is 0 Å². The van der Waals surface area contributed by atoms with Crippen molar-refractivity contribution in [1.29, 1.82) is 0 Å². The van der Waals surface area contributed by atoms with Crippen LogP contribution >= 0.6 is 0 Å². The Hall–Kier alpha value is -2.36. The molecule has 0 saturated heterocycles. The molecule has 0 N–H and O–H groups in total. The molecule has 4 nitrogen and oxygen atoms in total. The quantitative estimate of drug-likeness (QED) is 0.670. The van der Waals surface area contributed by atoms with E-state index >= 15 is 0 Å². The van der Waals surface area contributed by atoms with Crippen molar-refractivity contribution in [2.45, 2.75) is 13.0 Å². The molecule has 1 aromatic carbocycles. The van der Waals surface area contributed by atoms with Crippen molar-refractivity contribution >= 4 is 17.2 Å². The van der Waals surface area contributed by atoms with Gasteiger partial charge >= 0.3 is 0 Å². The average Bonchev–Trinajstić information content (AvgIpc) is 3.02. The second-order valence-electron chi connectivity index (χ2n) is 4.72. The Morgan fingerprint density at radius 2 is 2.21 bits per heavy atom. The zero-order valence-corrected chi connectivity index (χ0v) is 10.8. The van der Waals surface area contributed by atoms with Gasteiger partial charge in [-0.05, 0) is 29.5 Å². The highest BCUT2D eigenvalue weighted by atomic mass is 16.1. The normalized spacial score (nSPS) is 11.0. The molecular weight excluding hydrogens is 238 g/mol. The summed E-state index contributed by atoms with van der Waals surface area (Å²) in [4.78, 5) is 10.8. The fourth-order valence-electron chi connectivity index (χ4n) is 2.32. The third-order valence-corrected chi connectivity index (χ3v) is 3.33. The lowest BCUT2D eigenvalue weighted by Crippen LogP contribution is -1.99. The van der Waals surface area contributed by atoms with Gasteiger partial charge in [0.05, 0.1) is 6.20 Å². The van der Waals surface area contributed by atoms with Crippen molar-refractivity contribution in [2.24, 2.45) is 7.05 Å². The van der Waals surface area contributed by atoms with Crippen LogP contribution in [-0.4, -0.2) is 20.6 Å². The van der Waals surface area contributed by atoms with Gasteiger partial charge in [-0.2, -0.15) is 5.10 Å². The molecule has 0 bridgehead atoms. The molecule has 2 aromatic heterocycles. The molecule has 4 heteroatoms. The minimum atomic E-state index is 0.717. The van der Waals surface area contributed by atoms with Crippen molar-refractivity contribution in [2.75, 3.05) is 0 Å². The van der Waals surface area contributed by atoms with E-state index in [2.05, 4.69) is 21.9 Å². The van der Waals surface area contributed by atoms with Crippen molar-refractivity contribution < 1.29 is 4.79 Å². The summed E-state index contributed by atoms with van der Waals surface area (Å²) < 4.78 is 3.99. The van der Waals surface area contributed by atoms with Crippen LogP contribution in [0.1, 0.15) is 15.9 Å².